The molecule has 2 N–H and O–H groups in total. The summed E-state index contributed by atoms with van der Waals surface area (Å²) in [5.74, 6) is 4.72. The molecule has 8 atom stereocenters. The largest absolute Gasteiger partial charge is 0.330 e. The van der Waals surface area contributed by atoms with E-state index in [1.165, 1.54) is 64.2 Å². The Morgan fingerprint density at radius 3 is 2.41 bits per heavy atom. The predicted octanol–water partition coefficient (Wildman–Crippen LogP) is 6.58. The summed E-state index contributed by atoms with van der Waals surface area (Å²) in [7, 11) is 0. The van der Waals surface area contributed by atoms with Gasteiger partial charge in [0.05, 0.1) is 0 Å². The maximum atomic E-state index is 6.40. The van der Waals surface area contributed by atoms with Gasteiger partial charge in [-0.2, -0.15) is 0 Å². The van der Waals surface area contributed by atoms with Crippen molar-refractivity contribution in [2.24, 2.45) is 57.0 Å². The van der Waals surface area contributed by atoms with Crippen LogP contribution in [0.5, 0.6) is 0 Å². The highest BCUT2D eigenvalue weighted by atomic mass is 14.7. The third-order valence-electron chi connectivity index (χ3n) is 11.4. The van der Waals surface area contributed by atoms with E-state index in [1.807, 2.05) is 0 Å². The summed E-state index contributed by atoms with van der Waals surface area (Å²) in [5.41, 5.74) is 8.42. The zero-order valence-corrected chi connectivity index (χ0v) is 18.4. The van der Waals surface area contributed by atoms with E-state index in [2.05, 4.69) is 39.8 Å². The third-order valence-corrected chi connectivity index (χ3v) is 11.4. The van der Waals surface area contributed by atoms with Crippen LogP contribution in [0.1, 0.15) is 91.9 Å². The Hall–Kier alpha value is -0.300. The summed E-state index contributed by atoms with van der Waals surface area (Å²) in [4.78, 5) is 0. The second-order valence-corrected chi connectivity index (χ2v) is 12.5. The molecule has 5 aliphatic rings. The van der Waals surface area contributed by atoms with Crippen molar-refractivity contribution in [3.8, 4) is 0 Å². The highest BCUT2D eigenvalue weighted by Crippen LogP contribution is 2.72. The summed E-state index contributed by atoms with van der Waals surface area (Å²) < 4.78 is 0. The van der Waals surface area contributed by atoms with Crippen LogP contribution in [0.15, 0.2) is 12.2 Å². The van der Waals surface area contributed by atoms with E-state index in [0.717, 1.165) is 36.1 Å². The van der Waals surface area contributed by atoms with Crippen LogP contribution in [0.3, 0.4) is 0 Å². The maximum absolute atomic E-state index is 6.40. The Balaban J connectivity index is 1.49. The van der Waals surface area contributed by atoms with Crippen LogP contribution >= 0.6 is 0 Å². The fourth-order valence-electron chi connectivity index (χ4n) is 10.3. The monoisotopic (exact) mass is 369 g/mol. The van der Waals surface area contributed by atoms with E-state index in [1.54, 1.807) is 0 Å². The number of allylic oxidation sites excluding steroid dienone is 2. The molecule has 0 aromatic carbocycles. The lowest BCUT2D eigenvalue weighted by atomic mass is 9.37. The van der Waals surface area contributed by atoms with Gasteiger partial charge < -0.3 is 5.73 Å². The van der Waals surface area contributed by atoms with Gasteiger partial charge in [0, 0.05) is 0 Å². The predicted molar refractivity (Wildman–Crippen MR) is 114 cm³/mol. The van der Waals surface area contributed by atoms with Crippen molar-refractivity contribution in [1.82, 2.24) is 0 Å². The van der Waals surface area contributed by atoms with E-state index in [0.29, 0.717) is 21.7 Å². The number of fused-ring (bicyclic) bond motifs is 7. The topological polar surface area (TPSA) is 26.0 Å². The molecule has 0 heterocycles. The third kappa shape index (κ3) is 2.33. The summed E-state index contributed by atoms with van der Waals surface area (Å²) in [5, 5.41) is 0. The second-order valence-electron chi connectivity index (χ2n) is 12.5. The molecule has 27 heavy (non-hydrogen) atoms. The Bertz CT molecular complexity index is 634. The van der Waals surface area contributed by atoms with Gasteiger partial charge in [-0.1, -0.05) is 46.3 Å². The van der Waals surface area contributed by atoms with E-state index in [4.69, 9.17) is 5.73 Å². The smallest absolute Gasteiger partial charge is 0.00178 e. The van der Waals surface area contributed by atoms with E-state index < -0.39 is 0 Å². The summed E-state index contributed by atoms with van der Waals surface area (Å²) in [6.07, 6.45) is 19.6. The molecule has 5 rings (SSSR count). The maximum Gasteiger partial charge on any atom is -0.00178 e. The van der Waals surface area contributed by atoms with Gasteiger partial charge >= 0.3 is 0 Å². The van der Waals surface area contributed by atoms with Crippen LogP contribution in [-0.2, 0) is 0 Å². The van der Waals surface area contributed by atoms with Gasteiger partial charge in [-0.05, 0) is 116 Å². The first-order valence-corrected chi connectivity index (χ1v) is 12.1. The summed E-state index contributed by atoms with van der Waals surface area (Å²) in [6.45, 7) is 11.4. The SMILES string of the molecule is CC1(C)C=CCC2(C)C1CCC1(C)C3CCC4(CN)CCCC4C3CCC12. The van der Waals surface area contributed by atoms with Gasteiger partial charge in [0.15, 0.2) is 0 Å². The molecule has 4 saturated carbocycles. The van der Waals surface area contributed by atoms with Gasteiger partial charge in [-0.25, -0.2) is 0 Å². The van der Waals surface area contributed by atoms with Crippen molar-refractivity contribution in [2.45, 2.75) is 91.9 Å². The highest BCUT2D eigenvalue weighted by molar-refractivity contribution is 5.18. The molecular weight excluding hydrogens is 326 g/mol. The van der Waals surface area contributed by atoms with Gasteiger partial charge in [0.25, 0.3) is 0 Å². The van der Waals surface area contributed by atoms with E-state index >= 15 is 0 Å². The van der Waals surface area contributed by atoms with Crippen molar-refractivity contribution in [2.75, 3.05) is 6.54 Å². The lowest BCUT2D eigenvalue weighted by Gasteiger charge is -2.68. The van der Waals surface area contributed by atoms with Crippen LogP contribution in [0.4, 0.5) is 0 Å². The molecule has 0 aromatic rings. The molecule has 5 aliphatic carbocycles. The van der Waals surface area contributed by atoms with Gasteiger partial charge in [0.2, 0.25) is 0 Å². The van der Waals surface area contributed by atoms with Crippen molar-refractivity contribution < 1.29 is 0 Å². The van der Waals surface area contributed by atoms with E-state index in [9.17, 15) is 0 Å². The van der Waals surface area contributed by atoms with Crippen molar-refractivity contribution >= 4 is 0 Å². The zero-order chi connectivity index (χ0) is 19.1. The van der Waals surface area contributed by atoms with E-state index in [-0.39, 0.29) is 0 Å². The van der Waals surface area contributed by atoms with Gasteiger partial charge in [0.1, 0.15) is 0 Å². The van der Waals surface area contributed by atoms with Gasteiger partial charge in [-0.3, -0.25) is 0 Å². The fraction of sp³-hybridized carbons (Fsp3) is 0.923. The highest BCUT2D eigenvalue weighted by Gasteiger charge is 2.64. The first kappa shape index (κ1) is 18.7. The molecule has 0 aromatic heterocycles. The molecule has 0 radical (unpaired) electrons. The minimum Gasteiger partial charge on any atom is -0.330 e. The van der Waals surface area contributed by atoms with Gasteiger partial charge in [-0.15, -0.1) is 0 Å². The molecule has 152 valence electrons. The zero-order valence-electron chi connectivity index (χ0n) is 18.4. The molecule has 0 aliphatic heterocycles. The van der Waals surface area contributed by atoms with Crippen LogP contribution in [0.2, 0.25) is 0 Å². The first-order chi connectivity index (χ1) is 12.8. The second kappa shape index (κ2) is 5.87. The van der Waals surface area contributed by atoms with Crippen molar-refractivity contribution in [3.63, 3.8) is 0 Å². The Kier molecular flexibility index (Phi) is 4.07. The van der Waals surface area contributed by atoms with Crippen molar-refractivity contribution in [3.05, 3.63) is 12.2 Å². The summed E-state index contributed by atoms with van der Waals surface area (Å²) >= 11 is 0. The number of hydrogen-bond donors (Lipinski definition) is 1. The lowest BCUT2D eigenvalue weighted by Crippen LogP contribution is -2.61. The average Bonchev–Trinajstić information content (AvgIpc) is 3.05. The molecule has 0 saturated heterocycles. The minimum absolute atomic E-state index is 0.387. The fourth-order valence-corrected chi connectivity index (χ4v) is 10.3. The molecule has 8 unspecified atom stereocenters. The van der Waals surface area contributed by atoms with Crippen LogP contribution < -0.4 is 5.73 Å². The first-order valence-electron chi connectivity index (χ1n) is 12.1. The Morgan fingerprint density at radius 2 is 1.63 bits per heavy atom. The summed E-state index contributed by atoms with van der Waals surface area (Å²) in [6, 6.07) is 0. The molecule has 0 amide bonds. The standard InChI is InChI=1S/C26H43N/c1-23(2)12-6-13-25(4)21(23)11-15-24(3)19-10-16-26(17-27)14-5-7-20(26)18(19)8-9-22(24)25/h6,12,18-22H,5,7-11,13-17,27H2,1-4H3. The molecule has 0 bridgehead atoms. The van der Waals surface area contributed by atoms with Crippen LogP contribution in [-0.4, -0.2) is 6.54 Å². The number of hydrogen-bond acceptors (Lipinski definition) is 1. The van der Waals surface area contributed by atoms with Crippen LogP contribution in [0, 0.1) is 51.2 Å². The lowest BCUT2D eigenvalue weighted by molar-refractivity contribution is -0.178. The molecule has 1 nitrogen and oxygen atoms in total. The number of rotatable bonds is 1. The Morgan fingerprint density at radius 1 is 0.815 bits per heavy atom. The normalized spacial score (nSPS) is 56.0. The molecular formula is C26H43N. The molecule has 0 spiro atoms. The number of nitrogens with two attached hydrogens (primary N) is 1. The van der Waals surface area contributed by atoms with Crippen LogP contribution in [0.25, 0.3) is 0 Å². The molecule has 4 fully saturated rings. The van der Waals surface area contributed by atoms with Crippen molar-refractivity contribution in [1.29, 1.82) is 0 Å². The Labute approximate surface area is 167 Å². The average molecular weight is 370 g/mol. The molecule has 1 heteroatoms. The quantitative estimate of drug-likeness (QED) is 0.519. The minimum atomic E-state index is 0.387.